The van der Waals surface area contributed by atoms with Crippen LogP contribution in [0.2, 0.25) is 0 Å². The van der Waals surface area contributed by atoms with E-state index in [-0.39, 0.29) is 41.2 Å². The maximum Gasteiger partial charge on any atom is 0.264 e. The lowest BCUT2D eigenvalue weighted by molar-refractivity contribution is -0.140. The molecule has 0 heterocycles. The second kappa shape index (κ2) is 15.0. The van der Waals surface area contributed by atoms with Gasteiger partial charge in [-0.25, -0.2) is 8.42 Å². The van der Waals surface area contributed by atoms with Crippen molar-refractivity contribution in [1.82, 2.24) is 10.2 Å². The number of hydrogen-bond donors (Lipinski definition) is 1. The molecular formula is C34H36BrN3O5S. The smallest absolute Gasteiger partial charge is 0.264 e. The van der Waals surface area contributed by atoms with Gasteiger partial charge in [0.05, 0.1) is 17.7 Å². The Bertz CT molecular complexity index is 1650. The van der Waals surface area contributed by atoms with Crippen LogP contribution in [0.15, 0.2) is 119 Å². The number of nitrogens with one attached hydrogen (secondary N) is 1. The highest BCUT2D eigenvalue weighted by Gasteiger charge is 2.35. The van der Waals surface area contributed by atoms with E-state index in [1.165, 1.54) is 24.1 Å². The normalized spacial score (nSPS) is 11.9. The van der Waals surface area contributed by atoms with Gasteiger partial charge in [-0.3, -0.25) is 13.9 Å². The van der Waals surface area contributed by atoms with Crippen molar-refractivity contribution in [2.75, 3.05) is 18.0 Å². The van der Waals surface area contributed by atoms with Crippen molar-refractivity contribution in [3.63, 3.8) is 0 Å². The predicted octanol–water partition coefficient (Wildman–Crippen LogP) is 5.82. The standard InChI is InChI=1S/C34H36BrN3O5S/c1-25(2)36-34(40)31(22-26-12-6-4-7-13-26)37(23-27-18-20-28(35)21-19-27)33(39)24-38(30-16-10-11-17-32(30)43-3)44(41,42)29-14-8-5-9-15-29/h4-21,25,31H,22-24H2,1-3H3,(H,36,40). The van der Waals surface area contributed by atoms with Crippen molar-refractivity contribution < 1.29 is 22.7 Å². The lowest BCUT2D eigenvalue weighted by Gasteiger charge is -2.34. The van der Waals surface area contributed by atoms with E-state index in [0.717, 1.165) is 19.9 Å². The van der Waals surface area contributed by atoms with Crippen LogP contribution < -0.4 is 14.4 Å². The molecule has 4 rings (SSSR count). The van der Waals surface area contributed by atoms with Gasteiger partial charge in [0.2, 0.25) is 11.8 Å². The highest BCUT2D eigenvalue weighted by Crippen LogP contribution is 2.32. The second-order valence-corrected chi connectivity index (χ2v) is 13.3. The molecule has 1 N–H and O–H groups in total. The summed E-state index contributed by atoms with van der Waals surface area (Å²) in [6.07, 6.45) is 0.238. The van der Waals surface area contributed by atoms with Crippen LogP contribution in [-0.4, -0.2) is 50.9 Å². The minimum absolute atomic E-state index is 0.0246. The summed E-state index contributed by atoms with van der Waals surface area (Å²) < 4.78 is 35.7. The quantitative estimate of drug-likeness (QED) is 0.193. The monoisotopic (exact) mass is 677 g/mol. The maximum atomic E-state index is 14.5. The summed E-state index contributed by atoms with van der Waals surface area (Å²) in [5, 5.41) is 2.96. The number of nitrogens with zero attached hydrogens (tertiary/aromatic N) is 2. The van der Waals surface area contributed by atoms with E-state index >= 15 is 0 Å². The highest BCUT2D eigenvalue weighted by atomic mass is 79.9. The number of rotatable bonds is 13. The van der Waals surface area contributed by atoms with Gasteiger partial charge in [0.1, 0.15) is 18.3 Å². The zero-order valence-electron chi connectivity index (χ0n) is 24.9. The van der Waals surface area contributed by atoms with Crippen LogP contribution in [-0.2, 0) is 32.6 Å². The average Bonchev–Trinajstić information content (AvgIpc) is 3.02. The van der Waals surface area contributed by atoms with E-state index in [1.54, 1.807) is 42.5 Å². The zero-order chi connectivity index (χ0) is 31.7. The molecule has 4 aromatic carbocycles. The fourth-order valence-electron chi connectivity index (χ4n) is 4.79. The van der Waals surface area contributed by atoms with Gasteiger partial charge in [-0.2, -0.15) is 0 Å². The zero-order valence-corrected chi connectivity index (χ0v) is 27.3. The number of carbonyl (C=O) groups excluding carboxylic acids is 2. The molecule has 0 radical (unpaired) electrons. The predicted molar refractivity (Wildman–Crippen MR) is 176 cm³/mol. The van der Waals surface area contributed by atoms with E-state index in [9.17, 15) is 18.0 Å². The lowest BCUT2D eigenvalue weighted by Crippen LogP contribution is -2.54. The number of carbonyl (C=O) groups is 2. The summed E-state index contributed by atoms with van der Waals surface area (Å²) in [5.41, 5.74) is 1.86. The summed E-state index contributed by atoms with van der Waals surface area (Å²) in [6.45, 7) is 3.23. The highest BCUT2D eigenvalue weighted by molar-refractivity contribution is 9.10. The van der Waals surface area contributed by atoms with E-state index in [2.05, 4.69) is 21.2 Å². The van der Waals surface area contributed by atoms with Crippen molar-refractivity contribution in [2.45, 2.75) is 43.8 Å². The molecule has 230 valence electrons. The van der Waals surface area contributed by atoms with E-state index in [1.807, 2.05) is 68.4 Å². The van der Waals surface area contributed by atoms with Crippen LogP contribution in [0.25, 0.3) is 0 Å². The SMILES string of the molecule is COc1ccccc1N(CC(=O)N(Cc1ccc(Br)cc1)C(Cc1ccccc1)C(=O)NC(C)C)S(=O)(=O)c1ccccc1. The number of para-hydroxylation sites is 2. The van der Waals surface area contributed by atoms with Crippen LogP contribution in [0.1, 0.15) is 25.0 Å². The fraction of sp³-hybridized carbons (Fsp3) is 0.235. The molecule has 10 heteroatoms. The van der Waals surface area contributed by atoms with Gasteiger partial charge in [-0.15, -0.1) is 0 Å². The third kappa shape index (κ3) is 8.27. The number of methoxy groups -OCH3 is 1. The number of halogens is 1. The first kappa shape index (κ1) is 32.8. The molecule has 44 heavy (non-hydrogen) atoms. The molecule has 0 saturated carbocycles. The fourth-order valence-corrected chi connectivity index (χ4v) is 6.50. The minimum atomic E-state index is -4.22. The molecule has 0 fully saturated rings. The van der Waals surface area contributed by atoms with Gasteiger partial charge in [0.25, 0.3) is 10.0 Å². The Balaban J connectivity index is 1.82. The van der Waals surface area contributed by atoms with Gasteiger partial charge in [-0.05, 0) is 61.4 Å². The summed E-state index contributed by atoms with van der Waals surface area (Å²) in [4.78, 5) is 29.7. The number of hydrogen-bond acceptors (Lipinski definition) is 5. The first-order chi connectivity index (χ1) is 21.1. The Labute approximate surface area is 267 Å². The summed E-state index contributed by atoms with van der Waals surface area (Å²) in [5.74, 6) is -0.583. The number of sulfonamides is 1. The first-order valence-electron chi connectivity index (χ1n) is 14.2. The van der Waals surface area contributed by atoms with Gasteiger partial charge in [0, 0.05) is 23.5 Å². The third-order valence-electron chi connectivity index (χ3n) is 6.93. The Kier molecular flexibility index (Phi) is 11.2. The van der Waals surface area contributed by atoms with Crippen LogP contribution in [0.3, 0.4) is 0 Å². The summed E-state index contributed by atoms with van der Waals surface area (Å²) in [6, 6.07) is 30.4. The Morgan fingerprint density at radius 3 is 2.02 bits per heavy atom. The van der Waals surface area contributed by atoms with Crippen LogP contribution >= 0.6 is 15.9 Å². The molecule has 0 aromatic heterocycles. The molecule has 0 spiro atoms. The van der Waals surface area contributed by atoms with Crippen molar-refractivity contribution in [3.05, 3.63) is 125 Å². The number of amides is 2. The Morgan fingerprint density at radius 1 is 0.818 bits per heavy atom. The van der Waals surface area contributed by atoms with Gasteiger partial charge >= 0.3 is 0 Å². The number of anilines is 1. The molecule has 0 aliphatic rings. The molecule has 1 atom stereocenters. The van der Waals surface area contributed by atoms with Gasteiger partial charge < -0.3 is 15.0 Å². The van der Waals surface area contributed by atoms with E-state index in [0.29, 0.717) is 0 Å². The van der Waals surface area contributed by atoms with E-state index in [4.69, 9.17) is 4.74 Å². The van der Waals surface area contributed by atoms with Crippen molar-refractivity contribution in [3.8, 4) is 5.75 Å². The van der Waals surface area contributed by atoms with Crippen LogP contribution in [0, 0.1) is 0 Å². The van der Waals surface area contributed by atoms with Crippen LogP contribution in [0.4, 0.5) is 5.69 Å². The average molecular weight is 679 g/mol. The van der Waals surface area contributed by atoms with Crippen molar-refractivity contribution in [1.29, 1.82) is 0 Å². The Hall–Kier alpha value is -4.15. The molecule has 0 saturated heterocycles. The number of ether oxygens (including phenoxy) is 1. The number of benzene rings is 4. The van der Waals surface area contributed by atoms with Gasteiger partial charge in [0.15, 0.2) is 0 Å². The molecule has 8 nitrogen and oxygen atoms in total. The largest absolute Gasteiger partial charge is 0.495 e. The molecule has 0 aliphatic carbocycles. The van der Waals surface area contributed by atoms with Crippen molar-refractivity contribution in [2.24, 2.45) is 0 Å². The molecule has 0 bridgehead atoms. The minimum Gasteiger partial charge on any atom is -0.495 e. The topological polar surface area (TPSA) is 96.0 Å². The van der Waals surface area contributed by atoms with E-state index < -0.39 is 28.5 Å². The third-order valence-corrected chi connectivity index (χ3v) is 9.23. The molecule has 2 amide bonds. The molecule has 1 unspecified atom stereocenters. The van der Waals surface area contributed by atoms with Crippen LogP contribution in [0.5, 0.6) is 5.75 Å². The summed E-state index contributed by atoms with van der Waals surface area (Å²) in [7, 11) is -2.77. The second-order valence-electron chi connectivity index (χ2n) is 10.5. The first-order valence-corrected chi connectivity index (χ1v) is 16.4. The summed E-state index contributed by atoms with van der Waals surface area (Å²) >= 11 is 3.45. The van der Waals surface area contributed by atoms with Gasteiger partial charge in [-0.1, -0.05) is 88.7 Å². The maximum absolute atomic E-state index is 14.5. The molecule has 4 aromatic rings. The Morgan fingerprint density at radius 2 is 1.41 bits per heavy atom. The molecular weight excluding hydrogens is 642 g/mol. The van der Waals surface area contributed by atoms with Crippen molar-refractivity contribution >= 4 is 43.5 Å². The lowest BCUT2D eigenvalue weighted by atomic mass is 10.0. The molecule has 0 aliphatic heterocycles.